The Kier molecular flexibility index (Phi) is 6.71. The molecule has 58 valence electrons. The van der Waals surface area contributed by atoms with Gasteiger partial charge in [-0.15, -0.1) is 4.20 Å². The Morgan fingerprint density at radius 3 is 1.44 bits per heavy atom. The zero-order valence-electron chi connectivity index (χ0n) is 4.94. The first-order valence-electron chi connectivity index (χ1n) is 1.73. The number of hydrogen-bond acceptors (Lipinski definition) is 2. The van der Waals surface area contributed by atoms with E-state index in [-0.39, 0.29) is 0 Å². The lowest BCUT2D eigenvalue weighted by molar-refractivity contribution is 0.322. The average molecular weight is 178 g/mol. The fourth-order valence-corrected chi connectivity index (χ4v) is 0. The summed E-state index contributed by atoms with van der Waals surface area (Å²) in [4.78, 5) is 13.9. The minimum Gasteiger partial charge on any atom is -0.299 e. The van der Waals surface area contributed by atoms with E-state index >= 15 is 0 Å². The lowest BCUT2D eigenvalue weighted by atomic mass is 11.9. The predicted octanol–water partition coefficient (Wildman–Crippen LogP) is 0.0433. The second kappa shape index (κ2) is 5.05. The normalized spacial score (nSPS) is 10.4. The fourth-order valence-electron chi connectivity index (χ4n) is 0. The van der Waals surface area contributed by atoms with Gasteiger partial charge in [0.2, 0.25) is 0 Å². The third kappa shape index (κ3) is 6040. The molecular weight excluding hydrogens is 170 g/mol. The van der Waals surface area contributed by atoms with Crippen molar-refractivity contribution in [2.24, 2.45) is 0 Å². The van der Waals surface area contributed by atoms with Crippen molar-refractivity contribution in [1.82, 2.24) is 0 Å². The molecule has 0 saturated carbocycles. The molecule has 0 atom stereocenters. The van der Waals surface area contributed by atoms with E-state index in [1.807, 2.05) is 0 Å². The summed E-state index contributed by atoms with van der Waals surface area (Å²) in [5, 5.41) is 0. The quantitative estimate of drug-likeness (QED) is 0.513. The van der Waals surface area contributed by atoms with Crippen LogP contribution in [0.3, 0.4) is 0 Å². The van der Waals surface area contributed by atoms with Gasteiger partial charge in [0.1, 0.15) is 0 Å². The molecule has 0 aliphatic carbocycles. The first kappa shape index (κ1) is 12.0. The summed E-state index contributed by atoms with van der Waals surface area (Å²) in [6.45, 7) is 0. The van der Waals surface area contributed by atoms with E-state index in [2.05, 4.69) is 0 Å². The molecule has 0 aromatic rings. The summed E-state index contributed by atoms with van der Waals surface area (Å²) < 4.78 is 28.6. The second-order valence-corrected chi connectivity index (χ2v) is 3.64. The van der Waals surface area contributed by atoms with E-state index in [4.69, 9.17) is 14.4 Å². The summed E-state index contributed by atoms with van der Waals surface area (Å²) in [5.74, 6) is 0. The molecule has 0 amide bonds. The van der Waals surface area contributed by atoms with Gasteiger partial charge in [-0.3, -0.25) is 14.0 Å². The van der Waals surface area contributed by atoms with Crippen molar-refractivity contribution >= 4 is 18.7 Å². The third-order valence-corrected chi connectivity index (χ3v) is 0. The largest absolute Gasteiger partial charge is 0.507 e. The van der Waals surface area contributed by atoms with Gasteiger partial charge >= 0.3 is 7.91 Å². The van der Waals surface area contributed by atoms with Crippen LogP contribution in [0.4, 0.5) is 4.20 Å². The predicted molar refractivity (Wildman–Crippen MR) is 33.1 cm³/mol. The van der Waals surface area contributed by atoms with Crippen LogP contribution in [0.1, 0.15) is 0 Å². The van der Waals surface area contributed by atoms with E-state index in [9.17, 15) is 8.41 Å². The highest BCUT2D eigenvalue weighted by atomic mass is 32.2. The van der Waals surface area contributed by atoms with Crippen molar-refractivity contribution in [1.29, 1.82) is 0 Å². The van der Waals surface area contributed by atoms with Crippen LogP contribution in [0.15, 0.2) is 0 Å². The second-order valence-electron chi connectivity index (χ2n) is 1.21. The Labute approximate surface area is 54.8 Å². The Bertz CT molecular complexity index is 118. The molecule has 0 aromatic heterocycles. The van der Waals surface area contributed by atoms with E-state index in [0.717, 1.165) is 0 Å². The lowest BCUT2D eigenvalue weighted by Crippen LogP contribution is -1.70. The van der Waals surface area contributed by atoms with Crippen molar-refractivity contribution in [3.05, 3.63) is 0 Å². The molecule has 7 heteroatoms. The van der Waals surface area contributed by atoms with E-state index in [1.165, 1.54) is 0 Å². The van der Waals surface area contributed by atoms with Gasteiger partial charge in [-0.2, -0.15) is 0 Å². The summed E-state index contributed by atoms with van der Waals surface area (Å²) in [7, 11) is -5.75. The van der Waals surface area contributed by atoms with Gasteiger partial charge < -0.3 is 0 Å². The standard InChI is InChI=1S/C2H6OS.FH2O3P/c1-4(2)3;1-5(2,3)4/h1-2H3;(H2,2,3,4). The first-order valence-corrected chi connectivity index (χ1v) is 5.20. The Hall–Kier alpha value is 0.230. The summed E-state index contributed by atoms with van der Waals surface area (Å²) >= 11 is 0. The smallest absolute Gasteiger partial charge is 0.299 e. The first-order chi connectivity index (χ1) is 3.73. The maximum absolute atomic E-state index is 10.4. The third-order valence-electron chi connectivity index (χ3n) is 0. The highest BCUT2D eigenvalue weighted by Gasteiger charge is 2.04. The molecule has 0 radical (unpaired) electrons. The van der Waals surface area contributed by atoms with Crippen molar-refractivity contribution < 1.29 is 22.8 Å². The van der Waals surface area contributed by atoms with Crippen LogP contribution in [0.2, 0.25) is 0 Å². The van der Waals surface area contributed by atoms with Gasteiger partial charge in [0.15, 0.2) is 0 Å². The molecule has 0 aliphatic rings. The number of hydrogen-bond donors (Lipinski definition) is 2. The number of halogens is 1. The summed E-state index contributed by atoms with van der Waals surface area (Å²) in [5.41, 5.74) is 0. The molecule has 0 saturated heterocycles. The topological polar surface area (TPSA) is 74.6 Å². The minimum atomic E-state index is -5.14. The van der Waals surface area contributed by atoms with Gasteiger partial charge in [-0.25, -0.2) is 4.57 Å². The van der Waals surface area contributed by atoms with Crippen molar-refractivity contribution in [2.75, 3.05) is 12.5 Å². The fraction of sp³-hybridized carbons (Fsp3) is 1.00. The molecule has 9 heavy (non-hydrogen) atoms. The van der Waals surface area contributed by atoms with Gasteiger partial charge in [0.05, 0.1) is 0 Å². The molecule has 0 heterocycles. The molecular formula is C2H8FO4PS. The molecule has 0 spiro atoms. The van der Waals surface area contributed by atoms with E-state index < -0.39 is 18.7 Å². The SMILES string of the molecule is CS(C)=O.O=P(O)(O)F. The molecule has 0 rings (SSSR count). The Balaban J connectivity index is 0. The molecule has 0 aromatic carbocycles. The molecule has 0 bridgehead atoms. The molecule has 4 nitrogen and oxygen atoms in total. The van der Waals surface area contributed by atoms with Crippen molar-refractivity contribution in [3.63, 3.8) is 0 Å². The highest BCUT2D eigenvalue weighted by Crippen LogP contribution is 2.34. The van der Waals surface area contributed by atoms with E-state index in [0.29, 0.717) is 0 Å². The maximum Gasteiger partial charge on any atom is 0.507 e. The lowest BCUT2D eigenvalue weighted by Gasteiger charge is -1.77. The van der Waals surface area contributed by atoms with Crippen LogP contribution in [0, 0.1) is 0 Å². The van der Waals surface area contributed by atoms with Gasteiger partial charge in [-0.05, 0) is 0 Å². The average Bonchev–Trinajstić information content (AvgIpc) is 1.19. The van der Waals surface area contributed by atoms with Crippen molar-refractivity contribution in [3.8, 4) is 0 Å². The zero-order chi connectivity index (χ0) is 8.08. The Morgan fingerprint density at radius 2 is 1.44 bits per heavy atom. The summed E-state index contributed by atoms with van der Waals surface area (Å²) in [6, 6.07) is 0. The van der Waals surface area contributed by atoms with E-state index in [1.54, 1.807) is 12.5 Å². The number of rotatable bonds is 0. The van der Waals surface area contributed by atoms with Crippen LogP contribution >= 0.6 is 7.91 Å². The van der Waals surface area contributed by atoms with Gasteiger partial charge in [0.25, 0.3) is 0 Å². The van der Waals surface area contributed by atoms with Crippen LogP contribution in [-0.2, 0) is 15.4 Å². The van der Waals surface area contributed by atoms with Crippen LogP contribution < -0.4 is 0 Å². The van der Waals surface area contributed by atoms with Crippen molar-refractivity contribution in [2.45, 2.75) is 0 Å². The van der Waals surface area contributed by atoms with Gasteiger partial charge in [0, 0.05) is 23.3 Å². The van der Waals surface area contributed by atoms with Crippen LogP contribution in [0.5, 0.6) is 0 Å². The molecule has 2 N–H and O–H groups in total. The minimum absolute atomic E-state index is 0.611. The molecule has 0 fully saturated rings. The van der Waals surface area contributed by atoms with Crippen LogP contribution in [0.25, 0.3) is 0 Å². The molecule has 0 aliphatic heterocycles. The monoisotopic (exact) mass is 178 g/mol. The Morgan fingerprint density at radius 1 is 1.44 bits per heavy atom. The zero-order valence-corrected chi connectivity index (χ0v) is 6.66. The maximum atomic E-state index is 10.4. The van der Waals surface area contributed by atoms with Crippen LogP contribution in [-0.4, -0.2) is 26.5 Å². The van der Waals surface area contributed by atoms with Gasteiger partial charge in [-0.1, -0.05) is 0 Å². The molecule has 0 unspecified atom stereocenters. The summed E-state index contributed by atoms with van der Waals surface area (Å²) in [6.07, 6.45) is 3.28. The highest BCUT2D eigenvalue weighted by molar-refractivity contribution is 7.83.